The highest BCUT2D eigenvalue weighted by atomic mass is 32.2. The number of carboxylic acid groups (broad SMARTS) is 1. The molecule has 2 N–H and O–H groups in total. The number of hydrogen-bond donors (Lipinski definition) is 2. The fraction of sp³-hybridized carbons (Fsp3) is 0.250. The fourth-order valence-electron chi connectivity index (χ4n) is 3.18. The summed E-state index contributed by atoms with van der Waals surface area (Å²) in [5, 5.41) is 9.98. The summed E-state index contributed by atoms with van der Waals surface area (Å²) in [5.74, 6) is -0.551. The van der Waals surface area contributed by atoms with Crippen LogP contribution in [0.1, 0.15) is 35.6 Å². The number of nitrogens with one attached hydrogen (secondary N) is 1. The average molecular weight is 387 g/mol. The number of hydrogen-bond acceptors (Lipinski definition) is 4. The Kier molecular flexibility index (Phi) is 5.93. The quantitative estimate of drug-likeness (QED) is 0.761. The van der Waals surface area contributed by atoms with E-state index >= 15 is 0 Å². The summed E-state index contributed by atoms with van der Waals surface area (Å²) in [4.78, 5) is 10.8. The van der Waals surface area contributed by atoms with Crippen molar-refractivity contribution in [2.24, 2.45) is 0 Å². The van der Waals surface area contributed by atoms with Crippen molar-refractivity contribution in [1.82, 2.24) is 4.72 Å². The molecule has 0 saturated heterocycles. The van der Waals surface area contributed by atoms with Gasteiger partial charge >= 0.3 is 5.97 Å². The van der Waals surface area contributed by atoms with Gasteiger partial charge in [-0.2, -0.15) is 0 Å². The van der Waals surface area contributed by atoms with Crippen LogP contribution in [0.25, 0.3) is 6.08 Å². The van der Waals surface area contributed by atoms with Gasteiger partial charge in [-0.15, -0.1) is 0 Å². The number of benzene rings is 2. The fourth-order valence-corrected chi connectivity index (χ4v) is 4.24. The Hall–Kier alpha value is -2.64. The van der Waals surface area contributed by atoms with E-state index in [1.807, 2.05) is 36.4 Å². The predicted molar refractivity (Wildman–Crippen MR) is 103 cm³/mol. The number of sulfonamides is 1. The van der Waals surface area contributed by atoms with Gasteiger partial charge in [-0.25, -0.2) is 17.9 Å². The second kappa shape index (κ2) is 8.37. The van der Waals surface area contributed by atoms with E-state index in [0.29, 0.717) is 12.2 Å². The van der Waals surface area contributed by atoms with Crippen LogP contribution in [0.3, 0.4) is 0 Å². The zero-order valence-electron chi connectivity index (χ0n) is 14.7. The molecule has 1 unspecified atom stereocenters. The maximum Gasteiger partial charge on any atom is 0.341 e. The summed E-state index contributed by atoms with van der Waals surface area (Å²) in [6.45, 7) is -0.424. The second-order valence-electron chi connectivity index (χ2n) is 6.33. The van der Waals surface area contributed by atoms with Gasteiger partial charge in [0.2, 0.25) is 10.0 Å². The van der Waals surface area contributed by atoms with Gasteiger partial charge in [-0.1, -0.05) is 42.5 Å². The normalized spacial score (nSPS) is 16.8. The highest BCUT2D eigenvalue weighted by molar-refractivity contribution is 7.92. The molecule has 142 valence electrons. The Morgan fingerprint density at radius 3 is 2.70 bits per heavy atom. The summed E-state index contributed by atoms with van der Waals surface area (Å²) >= 11 is 0. The SMILES string of the molecule is O=C(O)COc1cccc2c1CCCC2NS(=O)(=O)C=Cc1ccccc1. The second-order valence-corrected chi connectivity index (χ2v) is 7.93. The predicted octanol–water partition coefficient (Wildman–Crippen LogP) is 3.12. The lowest BCUT2D eigenvalue weighted by molar-refractivity contribution is -0.139. The molecule has 0 bridgehead atoms. The van der Waals surface area contributed by atoms with Crippen molar-refractivity contribution in [2.75, 3.05) is 6.61 Å². The maximum absolute atomic E-state index is 12.5. The largest absolute Gasteiger partial charge is 0.482 e. The third-order valence-electron chi connectivity index (χ3n) is 4.36. The van der Waals surface area contributed by atoms with E-state index < -0.39 is 22.6 Å². The van der Waals surface area contributed by atoms with Crippen LogP contribution in [-0.4, -0.2) is 26.1 Å². The van der Waals surface area contributed by atoms with E-state index in [9.17, 15) is 13.2 Å². The highest BCUT2D eigenvalue weighted by Gasteiger charge is 2.26. The molecule has 2 aromatic rings. The minimum absolute atomic E-state index is 0.368. The number of fused-ring (bicyclic) bond motifs is 1. The minimum atomic E-state index is -3.63. The molecule has 0 radical (unpaired) electrons. The van der Waals surface area contributed by atoms with Gasteiger partial charge in [0.15, 0.2) is 6.61 Å². The highest BCUT2D eigenvalue weighted by Crippen LogP contribution is 2.35. The molecule has 1 atom stereocenters. The molecule has 0 fully saturated rings. The minimum Gasteiger partial charge on any atom is -0.482 e. The van der Waals surface area contributed by atoms with E-state index in [1.165, 1.54) is 5.41 Å². The van der Waals surface area contributed by atoms with E-state index in [2.05, 4.69) is 4.72 Å². The van der Waals surface area contributed by atoms with Crippen LogP contribution >= 0.6 is 0 Å². The van der Waals surface area contributed by atoms with Gasteiger partial charge < -0.3 is 9.84 Å². The number of ether oxygens (including phenoxy) is 1. The van der Waals surface area contributed by atoms with Crippen LogP contribution in [0, 0.1) is 0 Å². The Balaban J connectivity index is 1.78. The summed E-state index contributed by atoms with van der Waals surface area (Å²) in [6.07, 6.45) is 3.74. The zero-order chi connectivity index (χ0) is 19.3. The number of carboxylic acids is 1. The molecule has 0 amide bonds. The molecular weight excluding hydrogens is 366 g/mol. The number of rotatable bonds is 7. The monoisotopic (exact) mass is 387 g/mol. The van der Waals surface area contributed by atoms with Crippen molar-refractivity contribution in [1.29, 1.82) is 0 Å². The Bertz CT molecular complexity index is 938. The van der Waals surface area contributed by atoms with Crippen molar-refractivity contribution >= 4 is 22.1 Å². The van der Waals surface area contributed by atoms with Crippen LogP contribution in [0.4, 0.5) is 0 Å². The summed E-state index contributed by atoms with van der Waals surface area (Å²) in [6, 6.07) is 14.2. The molecule has 6 nitrogen and oxygen atoms in total. The molecule has 27 heavy (non-hydrogen) atoms. The molecule has 3 rings (SSSR count). The maximum atomic E-state index is 12.5. The first-order valence-corrected chi connectivity index (χ1v) is 10.2. The van der Waals surface area contributed by atoms with Crippen LogP contribution < -0.4 is 9.46 Å². The molecule has 2 aromatic carbocycles. The van der Waals surface area contributed by atoms with Crippen molar-refractivity contribution < 1.29 is 23.1 Å². The third-order valence-corrected chi connectivity index (χ3v) is 5.47. The van der Waals surface area contributed by atoms with Gasteiger partial charge in [0.25, 0.3) is 0 Å². The molecule has 7 heteroatoms. The molecule has 1 aliphatic rings. The van der Waals surface area contributed by atoms with Gasteiger partial charge in [0.1, 0.15) is 5.75 Å². The first-order valence-electron chi connectivity index (χ1n) is 8.66. The number of carbonyl (C=O) groups is 1. The zero-order valence-corrected chi connectivity index (χ0v) is 15.5. The first-order chi connectivity index (χ1) is 12.9. The van der Waals surface area contributed by atoms with Gasteiger partial charge in [-0.05, 0) is 48.1 Å². The van der Waals surface area contributed by atoms with Crippen molar-refractivity contribution in [3.8, 4) is 5.75 Å². The molecule has 0 aliphatic heterocycles. The van der Waals surface area contributed by atoms with Crippen molar-refractivity contribution in [3.05, 3.63) is 70.6 Å². The van der Waals surface area contributed by atoms with Gasteiger partial charge in [0, 0.05) is 11.4 Å². The van der Waals surface area contributed by atoms with E-state index in [4.69, 9.17) is 9.84 Å². The molecule has 1 aliphatic carbocycles. The summed E-state index contributed by atoms with van der Waals surface area (Å²) in [5.41, 5.74) is 2.50. The Morgan fingerprint density at radius 1 is 1.19 bits per heavy atom. The van der Waals surface area contributed by atoms with Gasteiger partial charge in [-0.3, -0.25) is 0 Å². The van der Waals surface area contributed by atoms with Crippen LogP contribution in [0.5, 0.6) is 5.75 Å². The summed E-state index contributed by atoms with van der Waals surface area (Å²) in [7, 11) is -3.63. The standard InChI is InChI=1S/C20H21NO5S/c22-20(23)14-26-19-11-5-8-16-17(19)9-4-10-18(16)21-27(24,25)13-12-15-6-2-1-3-7-15/h1-3,5-8,11-13,18,21H,4,9-10,14H2,(H,22,23). The van der Waals surface area contributed by atoms with E-state index in [1.54, 1.807) is 18.2 Å². The average Bonchev–Trinajstić information content (AvgIpc) is 2.66. The van der Waals surface area contributed by atoms with Crippen molar-refractivity contribution in [2.45, 2.75) is 25.3 Å². The topological polar surface area (TPSA) is 92.7 Å². The first kappa shape index (κ1) is 19.1. The van der Waals surface area contributed by atoms with E-state index in [-0.39, 0.29) is 6.04 Å². The van der Waals surface area contributed by atoms with Gasteiger partial charge in [0.05, 0.1) is 0 Å². The van der Waals surface area contributed by atoms with E-state index in [0.717, 1.165) is 29.5 Å². The van der Waals surface area contributed by atoms with Crippen LogP contribution in [0.15, 0.2) is 53.9 Å². The molecule has 0 aromatic heterocycles. The summed E-state index contributed by atoms with van der Waals surface area (Å²) < 4.78 is 33.0. The molecule has 0 heterocycles. The smallest absolute Gasteiger partial charge is 0.341 e. The third kappa shape index (κ3) is 5.18. The lowest BCUT2D eigenvalue weighted by atomic mass is 9.87. The van der Waals surface area contributed by atoms with Crippen LogP contribution in [0.2, 0.25) is 0 Å². The molecule has 0 spiro atoms. The van der Waals surface area contributed by atoms with Crippen LogP contribution in [-0.2, 0) is 21.2 Å². The molecular formula is C20H21NO5S. The lowest BCUT2D eigenvalue weighted by Crippen LogP contribution is -2.29. The lowest BCUT2D eigenvalue weighted by Gasteiger charge is -2.27. The number of aliphatic carboxylic acids is 1. The molecule has 0 saturated carbocycles. The Labute approximate surface area is 158 Å². The Morgan fingerprint density at radius 2 is 1.96 bits per heavy atom. The van der Waals surface area contributed by atoms with Crippen molar-refractivity contribution in [3.63, 3.8) is 0 Å².